The summed E-state index contributed by atoms with van der Waals surface area (Å²) in [7, 11) is 1.89. The molecule has 1 atom stereocenters. The van der Waals surface area contributed by atoms with Crippen LogP contribution in [-0.2, 0) is 13.5 Å². The number of aryl methyl sites for hydroxylation is 1. The van der Waals surface area contributed by atoms with E-state index in [0.29, 0.717) is 0 Å². The molecule has 5 rings (SSSR count). The van der Waals surface area contributed by atoms with Crippen LogP contribution in [0.2, 0.25) is 0 Å². The van der Waals surface area contributed by atoms with E-state index in [2.05, 4.69) is 43.4 Å². The van der Waals surface area contributed by atoms with Crippen LogP contribution in [0.4, 0.5) is 0 Å². The van der Waals surface area contributed by atoms with Gasteiger partial charge in [-0.25, -0.2) is 4.79 Å². The first kappa shape index (κ1) is 19.8. The molecule has 0 saturated carbocycles. The number of aromatic carboxylic acids is 1. The van der Waals surface area contributed by atoms with Crippen LogP contribution in [0.25, 0.3) is 32.5 Å². The molecule has 31 heavy (non-hydrogen) atoms. The Hall–Kier alpha value is -3.19. The molecule has 6 nitrogen and oxygen atoms in total. The molecule has 1 aromatic carbocycles. The fraction of sp³-hybridized carbons (Fsp3) is 0.292. The fourth-order valence-electron chi connectivity index (χ4n) is 4.62. The number of hydrogen-bond donors (Lipinski definition) is 1. The molecule has 4 aromatic rings. The molecule has 0 bridgehead atoms. The maximum atomic E-state index is 12.7. The molecule has 0 aliphatic carbocycles. The number of hydrogen-bond acceptors (Lipinski definition) is 4. The number of nitrogens with zero attached hydrogens (tertiary/aromatic N) is 3. The van der Waals surface area contributed by atoms with Crippen molar-refractivity contribution in [2.24, 2.45) is 12.5 Å². The number of carboxylic acids is 1. The molecular weight excluding hydrogens is 410 g/mol. The Morgan fingerprint density at radius 1 is 1.23 bits per heavy atom. The van der Waals surface area contributed by atoms with Gasteiger partial charge in [0.15, 0.2) is 5.43 Å². The quantitative estimate of drug-likeness (QED) is 0.484. The molecule has 1 aliphatic heterocycles. The normalized spacial score (nSPS) is 15.7. The Morgan fingerprint density at radius 3 is 2.65 bits per heavy atom. The fourth-order valence-corrected chi connectivity index (χ4v) is 5.60. The third-order valence-corrected chi connectivity index (χ3v) is 7.15. The van der Waals surface area contributed by atoms with Crippen LogP contribution in [0.1, 0.15) is 42.7 Å². The number of carbonyl (C=O) groups is 1. The average Bonchev–Trinajstić information content (AvgIpc) is 3.34. The second kappa shape index (κ2) is 6.65. The highest BCUT2D eigenvalue weighted by atomic mass is 32.1. The molecule has 0 amide bonds. The van der Waals surface area contributed by atoms with E-state index in [9.17, 15) is 14.7 Å². The molecule has 158 valence electrons. The van der Waals surface area contributed by atoms with Gasteiger partial charge in [0.05, 0.1) is 11.9 Å². The van der Waals surface area contributed by atoms with Crippen LogP contribution in [0.5, 0.6) is 0 Å². The molecule has 0 saturated heterocycles. The number of benzene rings is 1. The summed E-state index contributed by atoms with van der Waals surface area (Å²) in [6.07, 6.45) is 6.14. The van der Waals surface area contributed by atoms with E-state index in [4.69, 9.17) is 0 Å². The van der Waals surface area contributed by atoms with Crippen molar-refractivity contribution in [1.29, 1.82) is 0 Å². The molecule has 1 aliphatic rings. The Labute approximate surface area is 183 Å². The van der Waals surface area contributed by atoms with Crippen LogP contribution in [0.15, 0.2) is 47.0 Å². The first-order chi connectivity index (χ1) is 14.6. The predicted octanol–water partition coefficient (Wildman–Crippen LogP) is 4.97. The molecule has 0 fully saturated rings. The monoisotopic (exact) mass is 433 g/mol. The molecule has 0 radical (unpaired) electrons. The SMILES string of the molecule is Cn1cc(-c2cc3c(c4sccc24)C[C@@H](C(C)(C)C)n2cc(C(=O)O)c(=O)cc2-3)cn1. The smallest absolute Gasteiger partial charge is 0.341 e. The summed E-state index contributed by atoms with van der Waals surface area (Å²) in [6.45, 7) is 6.46. The van der Waals surface area contributed by atoms with Crippen LogP contribution >= 0.6 is 11.3 Å². The number of rotatable bonds is 2. The second-order valence-corrected chi connectivity index (χ2v) is 10.2. The van der Waals surface area contributed by atoms with Gasteiger partial charge in [0, 0.05) is 52.8 Å². The van der Waals surface area contributed by atoms with Crippen LogP contribution < -0.4 is 5.43 Å². The number of fused-ring (bicyclic) bond motifs is 5. The molecule has 3 aromatic heterocycles. The van der Waals surface area contributed by atoms with Gasteiger partial charge in [0.2, 0.25) is 0 Å². The minimum Gasteiger partial charge on any atom is -0.477 e. The van der Waals surface area contributed by atoms with Gasteiger partial charge in [-0.1, -0.05) is 20.8 Å². The second-order valence-electron chi connectivity index (χ2n) is 9.25. The maximum Gasteiger partial charge on any atom is 0.341 e. The summed E-state index contributed by atoms with van der Waals surface area (Å²) in [6, 6.07) is 5.80. The molecule has 0 unspecified atom stereocenters. The van der Waals surface area contributed by atoms with Crippen molar-refractivity contribution in [3.63, 3.8) is 0 Å². The Morgan fingerprint density at radius 2 is 2.00 bits per heavy atom. The third kappa shape index (κ3) is 3.03. The highest BCUT2D eigenvalue weighted by molar-refractivity contribution is 7.17. The molecule has 4 heterocycles. The lowest BCUT2D eigenvalue weighted by Gasteiger charge is -2.39. The lowest BCUT2D eigenvalue weighted by atomic mass is 9.78. The summed E-state index contributed by atoms with van der Waals surface area (Å²) in [5.41, 5.74) is 4.30. The predicted molar refractivity (Wildman–Crippen MR) is 123 cm³/mol. The third-order valence-electron chi connectivity index (χ3n) is 6.18. The van der Waals surface area contributed by atoms with Crippen LogP contribution in [0, 0.1) is 5.41 Å². The largest absolute Gasteiger partial charge is 0.477 e. The highest BCUT2D eigenvalue weighted by Crippen LogP contribution is 2.48. The standard InChI is InChI=1S/C24H23N3O3S/c1-24(2,3)21-8-17-16(19-9-20(28)18(23(29)30)12-27(19)21)7-15(13-10-25-26(4)11-13)14-5-6-31-22(14)17/h5-7,9-12,21H,8H2,1-4H3,(H,29,30)/t21-/m0/s1. The minimum atomic E-state index is -1.19. The summed E-state index contributed by atoms with van der Waals surface area (Å²) in [5.74, 6) is -1.19. The van der Waals surface area contributed by atoms with E-state index >= 15 is 0 Å². The van der Waals surface area contributed by atoms with E-state index in [-0.39, 0.29) is 17.0 Å². The van der Waals surface area contributed by atoms with Gasteiger partial charge in [-0.05, 0) is 40.5 Å². The summed E-state index contributed by atoms with van der Waals surface area (Å²) in [4.78, 5) is 24.3. The zero-order valence-corrected chi connectivity index (χ0v) is 18.7. The van der Waals surface area contributed by atoms with Crippen molar-refractivity contribution in [1.82, 2.24) is 14.3 Å². The summed E-state index contributed by atoms with van der Waals surface area (Å²) in [5, 5.41) is 17.2. The minimum absolute atomic E-state index is 0.0308. The topological polar surface area (TPSA) is 77.1 Å². The first-order valence-corrected chi connectivity index (χ1v) is 11.0. The van der Waals surface area contributed by atoms with E-state index < -0.39 is 11.4 Å². The van der Waals surface area contributed by atoms with E-state index in [1.807, 2.05) is 24.0 Å². The van der Waals surface area contributed by atoms with Crippen molar-refractivity contribution in [2.45, 2.75) is 33.2 Å². The highest BCUT2D eigenvalue weighted by Gasteiger charge is 2.35. The first-order valence-electron chi connectivity index (χ1n) is 10.2. The Bertz CT molecular complexity index is 1420. The van der Waals surface area contributed by atoms with Crippen LogP contribution in [0.3, 0.4) is 0 Å². The van der Waals surface area contributed by atoms with Crippen LogP contribution in [-0.4, -0.2) is 25.4 Å². The number of thiophene rings is 1. The average molecular weight is 434 g/mol. The van der Waals surface area contributed by atoms with Crippen molar-refractivity contribution in [2.75, 3.05) is 0 Å². The lowest BCUT2D eigenvalue weighted by Crippen LogP contribution is -2.32. The van der Waals surface area contributed by atoms with E-state index in [1.165, 1.54) is 27.9 Å². The van der Waals surface area contributed by atoms with Gasteiger partial charge >= 0.3 is 5.97 Å². The number of carboxylic acid groups (broad SMARTS) is 1. The van der Waals surface area contributed by atoms with Gasteiger partial charge in [-0.3, -0.25) is 9.48 Å². The van der Waals surface area contributed by atoms with Crippen molar-refractivity contribution in [3.8, 4) is 22.4 Å². The molecular formula is C24H23N3O3S. The number of pyridine rings is 1. The maximum absolute atomic E-state index is 12.7. The van der Waals surface area contributed by atoms with Crippen molar-refractivity contribution in [3.05, 3.63) is 63.5 Å². The van der Waals surface area contributed by atoms with Gasteiger partial charge in [0.1, 0.15) is 5.56 Å². The Kier molecular flexibility index (Phi) is 4.24. The van der Waals surface area contributed by atoms with E-state index in [0.717, 1.165) is 28.8 Å². The van der Waals surface area contributed by atoms with Gasteiger partial charge in [0.25, 0.3) is 0 Å². The lowest BCUT2D eigenvalue weighted by molar-refractivity contribution is 0.0693. The van der Waals surface area contributed by atoms with Gasteiger partial charge in [-0.2, -0.15) is 5.10 Å². The number of aromatic nitrogens is 3. The van der Waals surface area contributed by atoms with Gasteiger partial charge < -0.3 is 9.67 Å². The Balaban J connectivity index is 1.87. The zero-order valence-electron chi connectivity index (χ0n) is 17.8. The summed E-state index contributed by atoms with van der Waals surface area (Å²) >= 11 is 1.71. The molecule has 1 N–H and O–H groups in total. The molecule has 0 spiro atoms. The van der Waals surface area contributed by atoms with Gasteiger partial charge in [-0.15, -0.1) is 11.3 Å². The van der Waals surface area contributed by atoms with E-state index in [1.54, 1.807) is 16.0 Å². The zero-order chi connectivity index (χ0) is 22.1. The van der Waals surface area contributed by atoms with Crippen molar-refractivity contribution >= 4 is 27.4 Å². The summed E-state index contributed by atoms with van der Waals surface area (Å²) < 4.78 is 4.99. The molecule has 7 heteroatoms. The van der Waals surface area contributed by atoms with Crippen molar-refractivity contribution < 1.29 is 9.90 Å².